The molecule has 0 saturated heterocycles. The predicted molar refractivity (Wildman–Crippen MR) is 97.8 cm³/mol. The first-order valence-corrected chi connectivity index (χ1v) is 9.30. The van der Waals surface area contributed by atoms with E-state index in [1.54, 1.807) is 13.2 Å². The van der Waals surface area contributed by atoms with Gasteiger partial charge in [0, 0.05) is 25.2 Å². The Labute approximate surface area is 156 Å². The van der Waals surface area contributed by atoms with Crippen molar-refractivity contribution in [3.05, 3.63) is 23.0 Å². The molecule has 0 aromatic carbocycles. The van der Waals surface area contributed by atoms with Crippen LogP contribution >= 0.6 is 11.3 Å². The van der Waals surface area contributed by atoms with Crippen LogP contribution in [0.5, 0.6) is 0 Å². The molecule has 0 unspecified atom stereocenters. The van der Waals surface area contributed by atoms with Crippen LogP contribution in [0.1, 0.15) is 37.0 Å². The summed E-state index contributed by atoms with van der Waals surface area (Å²) in [6, 6.07) is -0.676. The highest BCUT2D eigenvalue weighted by atomic mass is 32.1. The normalized spacial score (nSPS) is 15.2. The molecule has 1 aliphatic rings. The molecule has 2 aromatic heterocycles. The van der Waals surface area contributed by atoms with E-state index < -0.39 is 11.5 Å². The van der Waals surface area contributed by atoms with Gasteiger partial charge in [0.05, 0.1) is 18.9 Å². The van der Waals surface area contributed by atoms with Gasteiger partial charge in [0.25, 0.3) is 5.91 Å². The van der Waals surface area contributed by atoms with Crippen molar-refractivity contribution >= 4 is 23.2 Å². The van der Waals surface area contributed by atoms with Crippen molar-refractivity contribution in [2.24, 2.45) is 5.41 Å². The van der Waals surface area contributed by atoms with Crippen LogP contribution in [-0.2, 0) is 22.7 Å². The minimum atomic E-state index is -0.676. The van der Waals surface area contributed by atoms with Gasteiger partial charge in [0.2, 0.25) is 5.91 Å². The third kappa shape index (κ3) is 3.49. The number of aromatic nitrogens is 3. The molecule has 0 bridgehead atoms. The zero-order valence-electron chi connectivity index (χ0n) is 15.3. The highest BCUT2D eigenvalue weighted by Gasteiger charge is 2.34. The number of imidazole rings is 1. The second-order valence-corrected chi connectivity index (χ2v) is 8.05. The lowest BCUT2D eigenvalue weighted by molar-refractivity contribution is -0.124. The van der Waals surface area contributed by atoms with Gasteiger partial charge >= 0.3 is 0 Å². The van der Waals surface area contributed by atoms with E-state index in [-0.39, 0.29) is 17.5 Å². The van der Waals surface area contributed by atoms with Gasteiger partial charge < -0.3 is 19.9 Å². The fraction of sp³-hybridized carbons (Fsp3) is 0.529. The number of rotatable bonds is 4. The maximum Gasteiger partial charge on any atom is 0.272 e. The highest BCUT2D eigenvalue weighted by molar-refractivity contribution is 7.13. The number of nitrogens with one attached hydrogen (secondary N) is 2. The molecule has 2 N–H and O–H groups in total. The van der Waals surface area contributed by atoms with Crippen molar-refractivity contribution in [2.75, 3.05) is 13.7 Å². The summed E-state index contributed by atoms with van der Waals surface area (Å²) >= 11 is 1.47. The average molecular weight is 377 g/mol. The standard InChI is InChI=1S/C17H23N5O3S/c1-17(2,3)12(15(24)18-4)21-14(23)11-10-9-25-7-6-22(10)13(20-11)16-19-5-8-26-16/h5,8,12H,6-7,9H2,1-4H3,(H,18,24)(H,21,23)/t12-/m1/s1. The topological polar surface area (TPSA) is 98.1 Å². The number of fused-ring (bicyclic) bond motifs is 1. The van der Waals surface area contributed by atoms with E-state index in [0.29, 0.717) is 31.3 Å². The van der Waals surface area contributed by atoms with Gasteiger partial charge in [-0.3, -0.25) is 9.59 Å². The smallest absolute Gasteiger partial charge is 0.272 e. The van der Waals surface area contributed by atoms with Gasteiger partial charge in [-0.2, -0.15) is 0 Å². The van der Waals surface area contributed by atoms with Crippen molar-refractivity contribution in [3.8, 4) is 10.8 Å². The first kappa shape index (κ1) is 18.5. The van der Waals surface area contributed by atoms with Gasteiger partial charge in [0.1, 0.15) is 6.04 Å². The molecule has 3 heterocycles. The van der Waals surface area contributed by atoms with Gasteiger partial charge in [-0.15, -0.1) is 11.3 Å². The number of carbonyl (C=O) groups is 2. The lowest BCUT2D eigenvalue weighted by atomic mass is 9.86. The van der Waals surface area contributed by atoms with Crippen molar-refractivity contribution in [2.45, 2.75) is 40.0 Å². The molecule has 0 radical (unpaired) electrons. The van der Waals surface area contributed by atoms with Crippen LogP contribution < -0.4 is 10.6 Å². The molecule has 0 saturated carbocycles. The maximum absolute atomic E-state index is 12.9. The number of hydrogen-bond donors (Lipinski definition) is 2. The fourth-order valence-corrected chi connectivity index (χ4v) is 3.53. The summed E-state index contributed by atoms with van der Waals surface area (Å²) in [6.45, 7) is 7.19. The summed E-state index contributed by atoms with van der Waals surface area (Å²) in [7, 11) is 1.56. The van der Waals surface area contributed by atoms with Gasteiger partial charge in [-0.25, -0.2) is 9.97 Å². The van der Waals surface area contributed by atoms with E-state index >= 15 is 0 Å². The minimum absolute atomic E-state index is 0.240. The molecule has 8 nitrogen and oxygen atoms in total. The molecule has 0 fully saturated rings. The number of thiazole rings is 1. The van der Waals surface area contributed by atoms with Crippen molar-refractivity contribution < 1.29 is 14.3 Å². The van der Waals surface area contributed by atoms with E-state index in [0.717, 1.165) is 5.01 Å². The summed E-state index contributed by atoms with van der Waals surface area (Å²) < 4.78 is 7.50. The molecule has 0 aliphatic carbocycles. The molecule has 26 heavy (non-hydrogen) atoms. The van der Waals surface area contributed by atoms with E-state index in [9.17, 15) is 9.59 Å². The van der Waals surface area contributed by atoms with E-state index in [1.165, 1.54) is 11.3 Å². The van der Waals surface area contributed by atoms with Crippen molar-refractivity contribution in [1.82, 2.24) is 25.2 Å². The minimum Gasteiger partial charge on any atom is -0.373 e. The summed E-state index contributed by atoms with van der Waals surface area (Å²) in [4.78, 5) is 34.0. The lowest BCUT2D eigenvalue weighted by Gasteiger charge is -2.29. The molecular weight excluding hydrogens is 354 g/mol. The van der Waals surface area contributed by atoms with Crippen LogP contribution in [0.25, 0.3) is 10.8 Å². The Balaban J connectivity index is 1.96. The summed E-state index contributed by atoms with van der Waals surface area (Å²) in [6.07, 6.45) is 1.71. The first-order valence-electron chi connectivity index (χ1n) is 8.42. The second kappa shape index (κ2) is 7.16. The zero-order chi connectivity index (χ0) is 18.9. The molecule has 140 valence electrons. The maximum atomic E-state index is 12.9. The fourth-order valence-electron chi connectivity index (χ4n) is 2.90. The Morgan fingerprint density at radius 1 is 1.38 bits per heavy atom. The first-order chi connectivity index (χ1) is 12.3. The van der Waals surface area contributed by atoms with Crippen LogP contribution in [0.3, 0.4) is 0 Å². The number of amides is 2. The van der Waals surface area contributed by atoms with Gasteiger partial charge in [-0.05, 0) is 5.41 Å². The monoisotopic (exact) mass is 377 g/mol. The number of hydrogen-bond acceptors (Lipinski definition) is 6. The summed E-state index contributed by atoms with van der Waals surface area (Å²) in [5.41, 5.74) is 0.557. The van der Waals surface area contributed by atoms with Crippen LogP contribution in [0.2, 0.25) is 0 Å². The van der Waals surface area contributed by atoms with E-state index in [2.05, 4.69) is 20.6 Å². The number of likely N-dealkylation sites (N-methyl/N-ethyl adjacent to an activating group) is 1. The van der Waals surface area contributed by atoms with E-state index in [4.69, 9.17) is 4.74 Å². The highest BCUT2D eigenvalue weighted by Crippen LogP contribution is 2.27. The third-order valence-electron chi connectivity index (χ3n) is 4.26. The predicted octanol–water partition coefficient (Wildman–Crippen LogP) is 1.43. The Hall–Kier alpha value is -2.26. The molecule has 2 aromatic rings. The van der Waals surface area contributed by atoms with Crippen LogP contribution in [0.4, 0.5) is 0 Å². The van der Waals surface area contributed by atoms with Gasteiger partial charge in [0.15, 0.2) is 16.5 Å². The number of ether oxygens (including phenoxy) is 1. The Bertz CT molecular complexity index is 807. The molecule has 1 aliphatic heterocycles. The number of carbonyl (C=O) groups excluding carboxylic acids is 2. The molecule has 0 spiro atoms. The Morgan fingerprint density at radius 2 is 2.15 bits per heavy atom. The van der Waals surface area contributed by atoms with Crippen molar-refractivity contribution in [1.29, 1.82) is 0 Å². The van der Waals surface area contributed by atoms with E-state index in [1.807, 2.05) is 30.7 Å². The molecule has 9 heteroatoms. The molecular formula is C17H23N5O3S. The zero-order valence-corrected chi connectivity index (χ0v) is 16.1. The Kier molecular flexibility index (Phi) is 5.10. The second-order valence-electron chi connectivity index (χ2n) is 7.16. The largest absolute Gasteiger partial charge is 0.373 e. The van der Waals surface area contributed by atoms with Crippen LogP contribution in [0, 0.1) is 5.41 Å². The third-order valence-corrected chi connectivity index (χ3v) is 5.03. The van der Waals surface area contributed by atoms with Crippen LogP contribution in [-0.4, -0.2) is 46.0 Å². The quantitative estimate of drug-likeness (QED) is 0.840. The SMILES string of the molecule is CNC(=O)[C@@H](NC(=O)c1nc(-c2nccs2)n2c1COCC2)C(C)(C)C. The Morgan fingerprint density at radius 3 is 2.77 bits per heavy atom. The molecule has 3 rings (SSSR count). The van der Waals surface area contributed by atoms with Crippen LogP contribution in [0.15, 0.2) is 11.6 Å². The van der Waals surface area contributed by atoms with Crippen molar-refractivity contribution in [3.63, 3.8) is 0 Å². The van der Waals surface area contributed by atoms with Gasteiger partial charge in [-0.1, -0.05) is 20.8 Å². The number of nitrogens with zero attached hydrogens (tertiary/aromatic N) is 3. The molecule has 2 amide bonds. The average Bonchev–Trinajstić information content (AvgIpc) is 3.25. The summed E-state index contributed by atoms with van der Waals surface area (Å²) in [5.74, 6) is 0.0385. The lowest BCUT2D eigenvalue weighted by Crippen LogP contribution is -2.53. The molecule has 1 atom stereocenters. The summed E-state index contributed by atoms with van der Waals surface area (Å²) in [5, 5.41) is 8.07.